The van der Waals surface area contributed by atoms with Gasteiger partial charge in [0, 0.05) is 12.1 Å². The quantitative estimate of drug-likeness (QED) is 0.503. The first kappa shape index (κ1) is 14.3. The molecule has 20 heavy (non-hydrogen) atoms. The van der Waals surface area contributed by atoms with Gasteiger partial charge in [0.15, 0.2) is 0 Å². The van der Waals surface area contributed by atoms with Gasteiger partial charge in [-0.25, -0.2) is 0 Å². The lowest BCUT2D eigenvalue weighted by atomic mass is 9.87. The number of nitrogens with two attached hydrogens (primary N) is 1. The fourth-order valence-corrected chi connectivity index (χ4v) is 2.58. The number of carbonyl (C=O) groups excluding carboxylic acids is 1. The van der Waals surface area contributed by atoms with Crippen molar-refractivity contribution in [2.24, 2.45) is 5.92 Å². The number of benzene rings is 1. The standard InChI is InChI=1S/C14H19N3O3/c1-9-5-7-10(8-6-9)16-14(18)11-3-2-4-12(13(11)15)17(19)20/h2-4,9-10H,5-8,15H2,1H3,(H,16,18). The maximum absolute atomic E-state index is 12.2. The van der Waals surface area contributed by atoms with E-state index in [1.807, 2.05) is 0 Å². The number of nitro benzene ring substituents is 1. The Morgan fingerprint density at radius 1 is 1.35 bits per heavy atom. The number of rotatable bonds is 3. The summed E-state index contributed by atoms with van der Waals surface area (Å²) >= 11 is 0. The number of para-hydroxylation sites is 1. The van der Waals surface area contributed by atoms with Crippen LogP contribution in [0.2, 0.25) is 0 Å². The SMILES string of the molecule is CC1CCC(NC(=O)c2cccc([N+](=O)[O-])c2N)CC1. The molecule has 2 rings (SSSR count). The Balaban J connectivity index is 2.10. The van der Waals surface area contributed by atoms with Crippen LogP contribution in [0.5, 0.6) is 0 Å². The molecule has 6 nitrogen and oxygen atoms in total. The van der Waals surface area contributed by atoms with Gasteiger partial charge in [0.05, 0.1) is 10.5 Å². The van der Waals surface area contributed by atoms with Crippen LogP contribution in [0, 0.1) is 16.0 Å². The molecule has 0 spiro atoms. The zero-order valence-corrected chi connectivity index (χ0v) is 11.5. The predicted octanol–water partition coefficient (Wildman–Crippen LogP) is 2.49. The number of nitrogen functional groups attached to an aromatic ring is 1. The summed E-state index contributed by atoms with van der Waals surface area (Å²) in [4.78, 5) is 22.4. The third-order valence-corrected chi connectivity index (χ3v) is 3.88. The average molecular weight is 277 g/mol. The lowest BCUT2D eigenvalue weighted by molar-refractivity contribution is -0.383. The summed E-state index contributed by atoms with van der Waals surface area (Å²) in [6.07, 6.45) is 4.08. The maximum atomic E-state index is 12.2. The van der Waals surface area contributed by atoms with Crippen molar-refractivity contribution in [3.8, 4) is 0 Å². The van der Waals surface area contributed by atoms with Crippen LogP contribution in [0.4, 0.5) is 11.4 Å². The van der Waals surface area contributed by atoms with Crippen molar-refractivity contribution in [3.05, 3.63) is 33.9 Å². The Morgan fingerprint density at radius 3 is 2.60 bits per heavy atom. The molecular weight excluding hydrogens is 258 g/mol. The molecule has 1 saturated carbocycles. The number of nitro groups is 1. The van der Waals surface area contributed by atoms with E-state index in [1.165, 1.54) is 18.2 Å². The van der Waals surface area contributed by atoms with Crippen molar-refractivity contribution >= 4 is 17.3 Å². The minimum absolute atomic E-state index is 0.0702. The third-order valence-electron chi connectivity index (χ3n) is 3.88. The van der Waals surface area contributed by atoms with Crippen molar-refractivity contribution in [2.75, 3.05) is 5.73 Å². The van der Waals surface area contributed by atoms with Gasteiger partial charge in [0.1, 0.15) is 5.69 Å². The van der Waals surface area contributed by atoms with E-state index in [0.717, 1.165) is 25.7 Å². The number of hydrogen-bond donors (Lipinski definition) is 2. The molecule has 0 aliphatic heterocycles. The van der Waals surface area contributed by atoms with Crippen LogP contribution in [0.15, 0.2) is 18.2 Å². The zero-order valence-electron chi connectivity index (χ0n) is 11.5. The van der Waals surface area contributed by atoms with Gasteiger partial charge in [-0.15, -0.1) is 0 Å². The maximum Gasteiger partial charge on any atom is 0.292 e. The van der Waals surface area contributed by atoms with Crippen molar-refractivity contribution in [1.29, 1.82) is 0 Å². The molecule has 1 aromatic rings. The van der Waals surface area contributed by atoms with E-state index < -0.39 is 4.92 Å². The highest BCUT2D eigenvalue weighted by molar-refractivity contribution is 6.01. The second-order valence-electron chi connectivity index (χ2n) is 5.43. The van der Waals surface area contributed by atoms with Crippen LogP contribution in [-0.4, -0.2) is 16.9 Å². The molecule has 1 aliphatic rings. The van der Waals surface area contributed by atoms with E-state index in [9.17, 15) is 14.9 Å². The lowest BCUT2D eigenvalue weighted by Crippen LogP contribution is -2.37. The highest BCUT2D eigenvalue weighted by atomic mass is 16.6. The minimum atomic E-state index is -0.575. The molecule has 0 bridgehead atoms. The summed E-state index contributed by atoms with van der Waals surface area (Å²) < 4.78 is 0. The van der Waals surface area contributed by atoms with Gasteiger partial charge in [0.25, 0.3) is 11.6 Å². The topological polar surface area (TPSA) is 98.3 Å². The van der Waals surface area contributed by atoms with Gasteiger partial charge >= 0.3 is 0 Å². The van der Waals surface area contributed by atoms with Crippen molar-refractivity contribution in [2.45, 2.75) is 38.6 Å². The lowest BCUT2D eigenvalue weighted by Gasteiger charge is -2.27. The number of hydrogen-bond acceptors (Lipinski definition) is 4. The van der Waals surface area contributed by atoms with E-state index in [0.29, 0.717) is 5.92 Å². The highest BCUT2D eigenvalue weighted by Gasteiger charge is 2.23. The first-order chi connectivity index (χ1) is 9.49. The van der Waals surface area contributed by atoms with Crippen LogP contribution in [0.1, 0.15) is 43.0 Å². The van der Waals surface area contributed by atoms with Crippen molar-refractivity contribution in [1.82, 2.24) is 5.32 Å². The summed E-state index contributed by atoms with van der Waals surface area (Å²) in [6, 6.07) is 4.43. The molecule has 0 heterocycles. The molecule has 1 aromatic carbocycles. The number of amides is 1. The monoisotopic (exact) mass is 277 g/mol. The molecule has 3 N–H and O–H groups in total. The Kier molecular flexibility index (Phi) is 4.22. The van der Waals surface area contributed by atoms with Crippen molar-refractivity contribution < 1.29 is 9.72 Å². The number of anilines is 1. The smallest absolute Gasteiger partial charge is 0.292 e. The van der Waals surface area contributed by atoms with Gasteiger partial charge in [-0.1, -0.05) is 13.0 Å². The molecule has 0 aromatic heterocycles. The van der Waals surface area contributed by atoms with E-state index in [2.05, 4.69) is 12.2 Å². The average Bonchev–Trinajstić information content (AvgIpc) is 2.41. The first-order valence-electron chi connectivity index (χ1n) is 6.82. The molecule has 1 fully saturated rings. The summed E-state index contributed by atoms with van der Waals surface area (Å²) in [7, 11) is 0. The number of nitrogens with zero attached hydrogens (tertiary/aromatic N) is 1. The Hall–Kier alpha value is -2.11. The van der Waals surface area contributed by atoms with Gasteiger partial charge in [0.2, 0.25) is 0 Å². The fraction of sp³-hybridized carbons (Fsp3) is 0.500. The van der Waals surface area contributed by atoms with E-state index in [-0.39, 0.29) is 28.9 Å². The molecule has 0 unspecified atom stereocenters. The summed E-state index contributed by atoms with van der Waals surface area (Å²) in [5.74, 6) is 0.372. The van der Waals surface area contributed by atoms with Crippen LogP contribution in [-0.2, 0) is 0 Å². The van der Waals surface area contributed by atoms with Gasteiger partial charge in [-0.05, 0) is 37.7 Å². The second kappa shape index (κ2) is 5.90. The Labute approximate surface area is 117 Å². The van der Waals surface area contributed by atoms with Crippen LogP contribution >= 0.6 is 0 Å². The van der Waals surface area contributed by atoms with Gasteiger partial charge in [-0.3, -0.25) is 14.9 Å². The molecule has 0 atom stereocenters. The van der Waals surface area contributed by atoms with E-state index in [1.54, 1.807) is 0 Å². The fourth-order valence-electron chi connectivity index (χ4n) is 2.58. The first-order valence-corrected chi connectivity index (χ1v) is 6.82. The summed E-state index contributed by atoms with van der Waals surface area (Å²) in [5.41, 5.74) is 5.59. The second-order valence-corrected chi connectivity index (χ2v) is 5.43. The molecule has 1 amide bonds. The molecule has 108 valence electrons. The van der Waals surface area contributed by atoms with E-state index in [4.69, 9.17) is 5.73 Å². The van der Waals surface area contributed by atoms with Gasteiger partial charge < -0.3 is 11.1 Å². The van der Waals surface area contributed by atoms with Crippen LogP contribution in [0.3, 0.4) is 0 Å². The summed E-state index contributed by atoms with van der Waals surface area (Å²) in [6.45, 7) is 2.20. The number of carbonyl (C=O) groups is 1. The van der Waals surface area contributed by atoms with E-state index >= 15 is 0 Å². The predicted molar refractivity (Wildman–Crippen MR) is 76.4 cm³/mol. The zero-order chi connectivity index (χ0) is 14.7. The normalized spacial score (nSPS) is 22.2. The summed E-state index contributed by atoms with van der Waals surface area (Å²) in [5, 5.41) is 13.7. The molecule has 0 saturated heterocycles. The van der Waals surface area contributed by atoms with Gasteiger partial charge in [-0.2, -0.15) is 0 Å². The molecular formula is C14H19N3O3. The Morgan fingerprint density at radius 2 is 2.00 bits per heavy atom. The Bertz CT molecular complexity index is 522. The minimum Gasteiger partial charge on any atom is -0.393 e. The largest absolute Gasteiger partial charge is 0.393 e. The highest BCUT2D eigenvalue weighted by Crippen LogP contribution is 2.26. The molecule has 0 radical (unpaired) electrons. The van der Waals surface area contributed by atoms with Crippen molar-refractivity contribution in [3.63, 3.8) is 0 Å². The van der Waals surface area contributed by atoms with Crippen LogP contribution in [0.25, 0.3) is 0 Å². The molecule has 6 heteroatoms. The third kappa shape index (κ3) is 3.07. The molecule has 1 aliphatic carbocycles. The van der Waals surface area contributed by atoms with Crippen LogP contribution < -0.4 is 11.1 Å². The number of nitrogens with one attached hydrogen (secondary N) is 1.